The van der Waals surface area contributed by atoms with Crippen molar-refractivity contribution in [3.63, 3.8) is 0 Å². The number of benzene rings is 3. The van der Waals surface area contributed by atoms with Crippen LogP contribution in [0.1, 0.15) is 40.7 Å². The van der Waals surface area contributed by atoms with E-state index < -0.39 is 29.2 Å². The molecule has 8 heteroatoms. The van der Waals surface area contributed by atoms with Gasteiger partial charge in [-0.1, -0.05) is 42.5 Å². The van der Waals surface area contributed by atoms with Crippen molar-refractivity contribution in [2.75, 3.05) is 0 Å². The zero-order chi connectivity index (χ0) is 22.9. The second-order valence-corrected chi connectivity index (χ2v) is 7.84. The van der Waals surface area contributed by atoms with Gasteiger partial charge < -0.3 is 15.2 Å². The third kappa shape index (κ3) is 4.12. The molecule has 2 N–H and O–H groups in total. The Hall–Kier alpha value is -3.55. The van der Waals surface area contributed by atoms with E-state index in [1.54, 1.807) is 24.3 Å². The van der Waals surface area contributed by atoms with Crippen LogP contribution < -0.4 is 10.1 Å². The monoisotopic (exact) mass is 443 g/mol. The van der Waals surface area contributed by atoms with Gasteiger partial charge >= 0.3 is 12.1 Å². The lowest BCUT2D eigenvalue weighted by atomic mass is 9.76. The Balaban J connectivity index is 1.63. The first-order valence-electron chi connectivity index (χ1n) is 10.1. The van der Waals surface area contributed by atoms with Crippen molar-refractivity contribution in [3.8, 4) is 5.75 Å². The van der Waals surface area contributed by atoms with Gasteiger partial charge in [0.25, 0.3) is 5.91 Å². The summed E-state index contributed by atoms with van der Waals surface area (Å²) in [7, 11) is 0. The largest absolute Gasteiger partial charge is 0.487 e. The Bertz CT molecular complexity index is 1170. The highest BCUT2D eigenvalue weighted by Crippen LogP contribution is 2.35. The van der Waals surface area contributed by atoms with E-state index in [0.29, 0.717) is 30.2 Å². The van der Waals surface area contributed by atoms with E-state index in [9.17, 15) is 27.9 Å². The number of halogens is 3. The number of carbonyl (C=O) groups excluding carboxylic acids is 1. The molecular formula is C24H20F3NO4. The molecule has 1 aliphatic carbocycles. The van der Waals surface area contributed by atoms with Gasteiger partial charge in [0.15, 0.2) is 0 Å². The van der Waals surface area contributed by atoms with E-state index in [2.05, 4.69) is 5.32 Å². The van der Waals surface area contributed by atoms with Gasteiger partial charge in [0.2, 0.25) is 0 Å². The van der Waals surface area contributed by atoms with Crippen LogP contribution >= 0.6 is 0 Å². The summed E-state index contributed by atoms with van der Waals surface area (Å²) in [4.78, 5) is 24.7. The molecule has 0 saturated heterocycles. The van der Waals surface area contributed by atoms with Crippen molar-refractivity contribution < 1.29 is 32.6 Å². The number of carbonyl (C=O) groups is 2. The van der Waals surface area contributed by atoms with Crippen LogP contribution in [-0.4, -0.2) is 22.5 Å². The number of carboxylic acids is 1. The van der Waals surface area contributed by atoms with Crippen LogP contribution in [0.15, 0.2) is 60.7 Å². The van der Waals surface area contributed by atoms with Crippen molar-refractivity contribution in [3.05, 3.63) is 77.4 Å². The first kappa shape index (κ1) is 21.7. The Morgan fingerprint density at radius 3 is 2.28 bits per heavy atom. The van der Waals surface area contributed by atoms with Crippen molar-refractivity contribution >= 4 is 22.6 Å². The van der Waals surface area contributed by atoms with Crippen molar-refractivity contribution in [2.24, 2.45) is 0 Å². The van der Waals surface area contributed by atoms with Crippen molar-refractivity contribution in [2.45, 2.75) is 37.6 Å². The summed E-state index contributed by atoms with van der Waals surface area (Å²) in [5.74, 6) is -1.40. The molecule has 0 spiro atoms. The van der Waals surface area contributed by atoms with E-state index in [1.807, 2.05) is 12.1 Å². The molecule has 0 atom stereocenters. The molecule has 0 radical (unpaired) electrons. The Morgan fingerprint density at radius 2 is 1.69 bits per heavy atom. The zero-order valence-corrected chi connectivity index (χ0v) is 16.9. The average Bonchev–Trinajstić information content (AvgIpc) is 2.73. The van der Waals surface area contributed by atoms with Gasteiger partial charge in [0.1, 0.15) is 17.9 Å². The van der Waals surface area contributed by atoms with Gasteiger partial charge in [0, 0.05) is 5.39 Å². The number of nitrogens with one attached hydrogen (secondary N) is 1. The number of hydrogen-bond acceptors (Lipinski definition) is 3. The highest BCUT2D eigenvalue weighted by molar-refractivity contribution is 6.05. The maximum Gasteiger partial charge on any atom is 0.416 e. The number of rotatable bonds is 6. The van der Waals surface area contributed by atoms with Gasteiger partial charge in [-0.25, -0.2) is 4.79 Å². The maximum absolute atomic E-state index is 13.0. The highest BCUT2D eigenvalue weighted by atomic mass is 19.4. The highest BCUT2D eigenvalue weighted by Gasteiger charge is 2.46. The summed E-state index contributed by atoms with van der Waals surface area (Å²) in [5, 5.41) is 13.6. The molecule has 0 heterocycles. The quantitative estimate of drug-likeness (QED) is 0.551. The SMILES string of the molecule is O=C(NC1(C(=O)O)CCC1)c1ccc2ccccc2c1OCc1ccc(C(F)(F)F)cc1. The number of ether oxygens (including phenoxy) is 1. The van der Waals surface area contributed by atoms with Crippen LogP contribution in [0.3, 0.4) is 0 Å². The summed E-state index contributed by atoms with van der Waals surface area (Å²) < 4.78 is 44.3. The molecule has 166 valence electrons. The third-order valence-electron chi connectivity index (χ3n) is 5.76. The second kappa shape index (κ2) is 8.18. The topological polar surface area (TPSA) is 75.6 Å². The fourth-order valence-corrected chi connectivity index (χ4v) is 3.73. The number of amides is 1. The van der Waals surface area contributed by atoms with Gasteiger partial charge in [0.05, 0.1) is 11.1 Å². The lowest BCUT2D eigenvalue weighted by Gasteiger charge is -2.38. The van der Waals surface area contributed by atoms with E-state index >= 15 is 0 Å². The van der Waals surface area contributed by atoms with Gasteiger partial charge in [-0.05, 0) is 48.4 Å². The zero-order valence-electron chi connectivity index (χ0n) is 16.9. The minimum absolute atomic E-state index is 0.0590. The standard InChI is InChI=1S/C24H20F3NO4/c25-24(26,27)17-9-6-15(7-10-17)14-32-20-18-5-2-1-4-16(18)8-11-19(20)21(29)28-23(22(30)31)12-3-13-23/h1-2,4-11H,3,12-14H2,(H,28,29)(H,30,31). The first-order valence-corrected chi connectivity index (χ1v) is 10.1. The van der Waals surface area contributed by atoms with Crippen LogP contribution in [0.4, 0.5) is 13.2 Å². The van der Waals surface area contributed by atoms with Crippen molar-refractivity contribution in [1.82, 2.24) is 5.32 Å². The number of hydrogen-bond donors (Lipinski definition) is 2. The number of fused-ring (bicyclic) bond motifs is 1. The minimum Gasteiger partial charge on any atom is -0.487 e. The molecule has 1 amide bonds. The Kier molecular flexibility index (Phi) is 5.54. The smallest absolute Gasteiger partial charge is 0.416 e. The van der Waals surface area contributed by atoms with Crippen LogP contribution in [0.2, 0.25) is 0 Å². The first-order chi connectivity index (χ1) is 15.2. The summed E-state index contributed by atoms with van der Waals surface area (Å²) in [5.41, 5.74) is -1.37. The molecule has 0 aliphatic heterocycles. The summed E-state index contributed by atoms with van der Waals surface area (Å²) >= 11 is 0. The molecule has 0 bridgehead atoms. The number of alkyl halides is 3. The van der Waals surface area contributed by atoms with Crippen LogP contribution in [-0.2, 0) is 17.6 Å². The third-order valence-corrected chi connectivity index (χ3v) is 5.76. The van der Waals surface area contributed by atoms with Crippen LogP contribution in [0, 0.1) is 0 Å². The van der Waals surface area contributed by atoms with Crippen LogP contribution in [0.25, 0.3) is 10.8 Å². The molecule has 3 aromatic carbocycles. The summed E-state index contributed by atoms with van der Waals surface area (Å²) in [6, 6.07) is 15.1. The Morgan fingerprint density at radius 1 is 1.00 bits per heavy atom. The molecule has 1 fully saturated rings. The molecule has 3 aromatic rings. The van der Waals surface area contributed by atoms with Gasteiger partial charge in [-0.15, -0.1) is 0 Å². The van der Waals surface area contributed by atoms with E-state index in [1.165, 1.54) is 12.1 Å². The van der Waals surface area contributed by atoms with Crippen molar-refractivity contribution in [1.29, 1.82) is 0 Å². The molecule has 0 unspecified atom stereocenters. The molecule has 32 heavy (non-hydrogen) atoms. The fourth-order valence-electron chi connectivity index (χ4n) is 3.73. The number of aliphatic carboxylic acids is 1. The predicted molar refractivity (Wildman–Crippen MR) is 111 cm³/mol. The second-order valence-electron chi connectivity index (χ2n) is 7.84. The van der Waals surface area contributed by atoms with E-state index in [4.69, 9.17) is 4.74 Å². The lowest BCUT2D eigenvalue weighted by Crippen LogP contribution is -2.59. The number of carboxylic acid groups (broad SMARTS) is 1. The molecule has 1 aliphatic rings. The van der Waals surface area contributed by atoms with Gasteiger partial charge in [-0.2, -0.15) is 13.2 Å². The molecular weight excluding hydrogens is 423 g/mol. The van der Waals surface area contributed by atoms with E-state index in [-0.39, 0.29) is 17.9 Å². The molecule has 0 aromatic heterocycles. The normalized spacial score (nSPS) is 15.1. The summed E-state index contributed by atoms with van der Waals surface area (Å²) in [6.07, 6.45) is -3.02. The summed E-state index contributed by atoms with van der Waals surface area (Å²) in [6.45, 7) is -0.0590. The fraction of sp³-hybridized carbons (Fsp3) is 0.250. The average molecular weight is 443 g/mol. The Labute approximate surface area is 181 Å². The molecule has 1 saturated carbocycles. The minimum atomic E-state index is -4.43. The van der Waals surface area contributed by atoms with E-state index in [0.717, 1.165) is 17.5 Å². The maximum atomic E-state index is 13.0. The van der Waals surface area contributed by atoms with Gasteiger partial charge in [-0.3, -0.25) is 4.79 Å². The molecule has 5 nitrogen and oxygen atoms in total. The van der Waals surface area contributed by atoms with Crippen LogP contribution in [0.5, 0.6) is 5.75 Å². The molecule has 4 rings (SSSR count). The predicted octanol–water partition coefficient (Wildman–Crippen LogP) is 5.17. The lowest BCUT2D eigenvalue weighted by molar-refractivity contribution is -0.148.